The van der Waals surface area contributed by atoms with Gasteiger partial charge in [-0.1, -0.05) is 18.2 Å². The lowest BCUT2D eigenvalue weighted by Gasteiger charge is -2.20. The molecule has 0 saturated heterocycles. The van der Waals surface area contributed by atoms with Crippen LogP contribution < -0.4 is 4.90 Å². The number of nitriles is 1. The van der Waals surface area contributed by atoms with Gasteiger partial charge in [-0.25, -0.2) is 9.97 Å². The van der Waals surface area contributed by atoms with Crippen molar-refractivity contribution in [3.63, 3.8) is 0 Å². The Morgan fingerprint density at radius 1 is 1.00 bits per heavy atom. The highest BCUT2D eigenvalue weighted by Gasteiger charge is 2.11. The van der Waals surface area contributed by atoms with E-state index in [-0.39, 0.29) is 0 Å². The Kier molecular flexibility index (Phi) is 3.25. The number of benzene rings is 2. The molecule has 102 valence electrons. The maximum absolute atomic E-state index is 9.01. The van der Waals surface area contributed by atoms with Crippen molar-refractivity contribution in [2.24, 2.45) is 0 Å². The van der Waals surface area contributed by atoms with Crippen molar-refractivity contribution >= 4 is 22.5 Å². The summed E-state index contributed by atoms with van der Waals surface area (Å²) < 4.78 is 0. The van der Waals surface area contributed by atoms with Gasteiger partial charge < -0.3 is 4.90 Å². The second-order valence-electron chi connectivity index (χ2n) is 4.84. The molecule has 1 aromatic heterocycles. The summed E-state index contributed by atoms with van der Waals surface area (Å²) in [7, 11) is 1.93. The largest absolute Gasteiger partial charge is 0.328 e. The van der Waals surface area contributed by atoms with Gasteiger partial charge in [0.2, 0.25) is 0 Å². The van der Waals surface area contributed by atoms with Gasteiger partial charge in [0.05, 0.1) is 28.4 Å². The van der Waals surface area contributed by atoms with Crippen molar-refractivity contribution in [3.8, 4) is 6.07 Å². The quantitative estimate of drug-likeness (QED) is 0.716. The minimum absolute atomic E-state index is 0.630. The Bertz CT molecular complexity index is 849. The molecule has 0 atom stereocenters. The fourth-order valence-corrected chi connectivity index (χ4v) is 2.30. The second-order valence-corrected chi connectivity index (χ2v) is 4.84. The molecule has 0 N–H and O–H groups in total. The minimum atomic E-state index is 0.630. The Balaban J connectivity index is 2.10. The number of nitrogens with zero attached hydrogens (tertiary/aromatic N) is 4. The predicted molar refractivity (Wildman–Crippen MR) is 83.5 cm³/mol. The van der Waals surface area contributed by atoms with Gasteiger partial charge in [-0.3, -0.25) is 0 Å². The molecule has 3 rings (SSSR count). The SMILES string of the molecule is Cc1nc2ccccc2nc1N(C)c1cccc(C#N)c1. The molecule has 0 aliphatic heterocycles. The Morgan fingerprint density at radius 2 is 1.71 bits per heavy atom. The average molecular weight is 274 g/mol. The number of fused-ring (bicyclic) bond motifs is 1. The predicted octanol–water partition coefficient (Wildman–Crippen LogP) is 3.58. The fraction of sp³-hybridized carbons (Fsp3) is 0.118. The van der Waals surface area contributed by atoms with Gasteiger partial charge in [-0.05, 0) is 37.3 Å². The number of anilines is 2. The van der Waals surface area contributed by atoms with Gasteiger partial charge in [-0.15, -0.1) is 0 Å². The highest BCUT2D eigenvalue weighted by Crippen LogP contribution is 2.26. The van der Waals surface area contributed by atoms with E-state index in [1.165, 1.54) is 0 Å². The third-order valence-corrected chi connectivity index (χ3v) is 3.40. The van der Waals surface area contributed by atoms with Gasteiger partial charge in [0.15, 0.2) is 5.82 Å². The lowest BCUT2D eigenvalue weighted by atomic mass is 10.2. The second kappa shape index (κ2) is 5.22. The number of para-hydroxylation sites is 2. The normalized spacial score (nSPS) is 10.3. The highest BCUT2D eigenvalue weighted by molar-refractivity contribution is 5.77. The Labute approximate surface area is 123 Å². The fourth-order valence-electron chi connectivity index (χ4n) is 2.30. The molecule has 4 nitrogen and oxygen atoms in total. The zero-order valence-corrected chi connectivity index (χ0v) is 11.9. The molecule has 4 heteroatoms. The molecule has 0 saturated carbocycles. The van der Waals surface area contributed by atoms with Crippen LogP contribution in [-0.2, 0) is 0 Å². The molecule has 2 aromatic carbocycles. The van der Waals surface area contributed by atoms with Crippen LogP contribution in [0, 0.1) is 18.3 Å². The molecule has 1 heterocycles. The van der Waals surface area contributed by atoms with E-state index in [2.05, 4.69) is 16.0 Å². The van der Waals surface area contributed by atoms with Gasteiger partial charge >= 0.3 is 0 Å². The first-order valence-electron chi connectivity index (χ1n) is 6.66. The summed E-state index contributed by atoms with van der Waals surface area (Å²) in [5, 5.41) is 9.01. The Hall–Kier alpha value is -2.93. The molecule has 0 amide bonds. The first-order valence-corrected chi connectivity index (χ1v) is 6.66. The molecule has 0 unspecified atom stereocenters. The van der Waals surface area contributed by atoms with Crippen molar-refractivity contribution in [2.45, 2.75) is 6.92 Å². The molecule has 0 spiro atoms. The minimum Gasteiger partial charge on any atom is -0.328 e. The van der Waals surface area contributed by atoms with E-state index in [0.29, 0.717) is 5.56 Å². The van der Waals surface area contributed by atoms with Crippen LogP contribution in [0.5, 0.6) is 0 Å². The summed E-state index contributed by atoms with van der Waals surface area (Å²) in [6, 6.07) is 17.4. The van der Waals surface area contributed by atoms with Crippen LogP contribution in [-0.4, -0.2) is 17.0 Å². The van der Waals surface area contributed by atoms with Crippen LogP contribution in [0.1, 0.15) is 11.3 Å². The third-order valence-electron chi connectivity index (χ3n) is 3.40. The molecular formula is C17H14N4. The summed E-state index contributed by atoms with van der Waals surface area (Å²) in [6.45, 7) is 1.94. The third kappa shape index (κ3) is 2.41. The number of aryl methyl sites for hydroxylation is 1. The Morgan fingerprint density at radius 3 is 2.43 bits per heavy atom. The maximum atomic E-state index is 9.01. The molecular weight excluding hydrogens is 260 g/mol. The van der Waals surface area contributed by atoms with E-state index >= 15 is 0 Å². The standard InChI is InChI=1S/C17H14N4/c1-12-17(20-16-9-4-3-8-15(16)19-12)21(2)14-7-5-6-13(10-14)11-18/h3-10H,1-2H3. The van der Waals surface area contributed by atoms with Crippen molar-refractivity contribution in [2.75, 3.05) is 11.9 Å². The average Bonchev–Trinajstić information content (AvgIpc) is 2.53. The van der Waals surface area contributed by atoms with E-state index in [1.807, 2.05) is 61.3 Å². The van der Waals surface area contributed by atoms with E-state index < -0.39 is 0 Å². The monoisotopic (exact) mass is 274 g/mol. The molecule has 0 aliphatic rings. The number of hydrogen-bond acceptors (Lipinski definition) is 4. The van der Waals surface area contributed by atoms with Crippen LogP contribution >= 0.6 is 0 Å². The first kappa shape index (κ1) is 13.1. The molecule has 21 heavy (non-hydrogen) atoms. The first-order chi connectivity index (χ1) is 10.2. The van der Waals surface area contributed by atoms with E-state index in [9.17, 15) is 0 Å². The highest BCUT2D eigenvalue weighted by atomic mass is 15.2. The molecule has 0 aliphatic carbocycles. The van der Waals surface area contributed by atoms with Gasteiger partial charge in [0.25, 0.3) is 0 Å². The van der Waals surface area contributed by atoms with Gasteiger partial charge in [-0.2, -0.15) is 5.26 Å². The molecule has 0 bridgehead atoms. The lowest BCUT2D eigenvalue weighted by Crippen LogP contribution is -2.13. The molecule has 0 fully saturated rings. The van der Waals surface area contributed by atoms with Crippen LogP contribution in [0.25, 0.3) is 11.0 Å². The van der Waals surface area contributed by atoms with E-state index in [4.69, 9.17) is 5.26 Å². The zero-order chi connectivity index (χ0) is 14.8. The summed E-state index contributed by atoms with van der Waals surface area (Å²) in [6.07, 6.45) is 0. The van der Waals surface area contributed by atoms with E-state index in [0.717, 1.165) is 28.2 Å². The van der Waals surface area contributed by atoms with Gasteiger partial charge in [0, 0.05) is 12.7 Å². The number of hydrogen-bond donors (Lipinski definition) is 0. The van der Waals surface area contributed by atoms with Crippen molar-refractivity contribution in [1.29, 1.82) is 5.26 Å². The van der Waals surface area contributed by atoms with Crippen LogP contribution in [0.4, 0.5) is 11.5 Å². The van der Waals surface area contributed by atoms with Crippen LogP contribution in [0.2, 0.25) is 0 Å². The van der Waals surface area contributed by atoms with Crippen LogP contribution in [0.15, 0.2) is 48.5 Å². The topological polar surface area (TPSA) is 52.8 Å². The lowest BCUT2D eigenvalue weighted by molar-refractivity contribution is 1.08. The van der Waals surface area contributed by atoms with Gasteiger partial charge in [0.1, 0.15) is 0 Å². The van der Waals surface area contributed by atoms with Crippen molar-refractivity contribution in [3.05, 3.63) is 59.8 Å². The molecule has 0 radical (unpaired) electrons. The maximum Gasteiger partial charge on any atom is 0.154 e. The number of rotatable bonds is 2. The van der Waals surface area contributed by atoms with Crippen molar-refractivity contribution < 1.29 is 0 Å². The smallest absolute Gasteiger partial charge is 0.154 e. The zero-order valence-electron chi connectivity index (χ0n) is 11.9. The summed E-state index contributed by atoms with van der Waals surface area (Å²) in [5.41, 5.74) is 4.16. The van der Waals surface area contributed by atoms with Crippen LogP contribution in [0.3, 0.4) is 0 Å². The van der Waals surface area contributed by atoms with E-state index in [1.54, 1.807) is 6.07 Å². The number of aromatic nitrogens is 2. The summed E-state index contributed by atoms with van der Waals surface area (Å²) in [5.74, 6) is 0.795. The van der Waals surface area contributed by atoms with Crippen molar-refractivity contribution in [1.82, 2.24) is 9.97 Å². The molecule has 3 aromatic rings. The summed E-state index contributed by atoms with van der Waals surface area (Å²) in [4.78, 5) is 11.2. The summed E-state index contributed by atoms with van der Waals surface area (Å²) >= 11 is 0.